The second kappa shape index (κ2) is 29.0. The van der Waals surface area contributed by atoms with E-state index in [1.54, 1.807) is 0 Å². The Morgan fingerprint density at radius 3 is 0.714 bits per heavy atom. The minimum absolute atomic E-state index is 0.406. The lowest BCUT2D eigenvalue weighted by molar-refractivity contribution is -0.0328. The fraction of sp³-hybridized carbons (Fsp3) is 1.00. The van der Waals surface area contributed by atoms with Gasteiger partial charge >= 0.3 is 0 Å². The number of hydrogen-bond donors (Lipinski definition) is 7. The topological polar surface area (TPSA) is 80.9 Å². The Kier molecular flexibility index (Phi) is 41.2. The standard InChI is InChI=1S/C5H12O4.3C3H8S/c6-1-5(2-7,3-8)4-9;3*1-2-3-4/h6-9H,1-4H2;3*4H,2-3H2,1H3. The predicted octanol–water partition coefficient (Wildman–Crippen LogP) is 1.92. The molecule has 0 aliphatic rings. The maximum Gasteiger partial charge on any atom is 0.0627 e. The number of hydrogen-bond acceptors (Lipinski definition) is 7. The van der Waals surface area contributed by atoms with E-state index in [0.717, 1.165) is 17.3 Å². The first-order chi connectivity index (χ1) is 9.99. The molecular weight excluding hydrogens is 328 g/mol. The molecule has 0 amide bonds. The van der Waals surface area contributed by atoms with Gasteiger partial charge in [0.25, 0.3) is 0 Å². The van der Waals surface area contributed by atoms with E-state index in [2.05, 4.69) is 58.7 Å². The molecule has 4 nitrogen and oxygen atoms in total. The fourth-order valence-electron chi connectivity index (χ4n) is 0.300. The highest BCUT2D eigenvalue weighted by molar-refractivity contribution is 7.80. The van der Waals surface area contributed by atoms with Gasteiger partial charge in [-0.1, -0.05) is 20.8 Å². The predicted molar refractivity (Wildman–Crippen MR) is 103 cm³/mol. The summed E-state index contributed by atoms with van der Waals surface area (Å²) >= 11 is 11.8. The summed E-state index contributed by atoms with van der Waals surface area (Å²) in [5.41, 5.74) is -1.11. The molecule has 0 saturated carbocycles. The van der Waals surface area contributed by atoms with E-state index >= 15 is 0 Å². The Bertz CT molecular complexity index is 115. The summed E-state index contributed by atoms with van der Waals surface area (Å²) in [6.45, 7) is 4.69. The van der Waals surface area contributed by atoms with Gasteiger partial charge in [0.2, 0.25) is 0 Å². The lowest BCUT2D eigenvalue weighted by atomic mass is 9.93. The van der Waals surface area contributed by atoms with Crippen LogP contribution >= 0.6 is 37.9 Å². The van der Waals surface area contributed by atoms with Crippen LogP contribution in [0.15, 0.2) is 0 Å². The van der Waals surface area contributed by atoms with E-state index in [-0.39, 0.29) is 0 Å². The molecule has 0 aliphatic carbocycles. The van der Waals surface area contributed by atoms with Crippen molar-refractivity contribution in [1.82, 2.24) is 0 Å². The average molecular weight is 365 g/mol. The van der Waals surface area contributed by atoms with Gasteiger partial charge in [-0.05, 0) is 36.5 Å². The van der Waals surface area contributed by atoms with Gasteiger partial charge < -0.3 is 20.4 Å². The zero-order valence-corrected chi connectivity index (χ0v) is 16.4. The van der Waals surface area contributed by atoms with Gasteiger partial charge in [-0.25, -0.2) is 0 Å². The van der Waals surface area contributed by atoms with Crippen LogP contribution in [0.5, 0.6) is 0 Å². The first-order valence-electron chi connectivity index (χ1n) is 7.25. The molecule has 0 aromatic heterocycles. The molecule has 0 unspecified atom stereocenters. The lowest BCUT2D eigenvalue weighted by Crippen LogP contribution is -2.37. The molecule has 0 heterocycles. The monoisotopic (exact) mass is 364 g/mol. The highest BCUT2D eigenvalue weighted by Crippen LogP contribution is 2.11. The fourth-order valence-corrected chi connectivity index (χ4v) is 0.300. The molecule has 7 heteroatoms. The highest BCUT2D eigenvalue weighted by atomic mass is 32.1. The van der Waals surface area contributed by atoms with Gasteiger partial charge in [-0.15, -0.1) is 0 Å². The quantitative estimate of drug-likeness (QED) is 0.352. The second-order valence-electron chi connectivity index (χ2n) is 4.30. The number of aliphatic hydroxyl groups is 4. The van der Waals surface area contributed by atoms with Crippen LogP contribution in [-0.2, 0) is 0 Å². The minimum Gasteiger partial charge on any atom is -0.396 e. The van der Waals surface area contributed by atoms with Crippen molar-refractivity contribution >= 4 is 37.9 Å². The van der Waals surface area contributed by atoms with Crippen molar-refractivity contribution in [3.63, 3.8) is 0 Å². The van der Waals surface area contributed by atoms with Gasteiger partial charge in [-0.3, -0.25) is 0 Å². The van der Waals surface area contributed by atoms with Gasteiger partial charge in [0.05, 0.1) is 31.8 Å². The van der Waals surface area contributed by atoms with Crippen LogP contribution in [0.2, 0.25) is 0 Å². The Morgan fingerprint density at radius 1 is 0.571 bits per heavy atom. The lowest BCUT2D eigenvalue weighted by Gasteiger charge is -2.23. The smallest absolute Gasteiger partial charge is 0.0627 e. The first kappa shape index (κ1) is 29.8. The summed E-state index contributed by atoms with van der Waals surface area (Å²) in [5, 5.41) is 34.0. The van der Waals surface area contributed by atoms with Crippen LogP contribution in [0.4, 0.5) is 0 Å². The summed E-state index contributed by atoms with van der Waals surface area (Å²) in [6, 6.07) is 0. The molecule has 0 bridgehead atoms. The summed E-state index contributed by atoms with van der Waals surface area (Å²) < 4.78 is 0. The van der Waals surface area contributed by atoms with E-state index in [4.69, 9.17) is 20.4 Å². The van der Waals surface area contributed by atoms with Gasteiger partial charge in [0.1, 0.15) is 0 Å². The Labute approximate surface area is 147 Å². The van der Waals surface area contributed by atoms with Crippen molar-refractivity contribution in [1.29, 1.82) is 0 Å². The summed E-state index contributed by atoms with van der Waals surface area (Å²) in [5.74, 6) is 3.04. The number of thiol groups is 3. The summed E-state index contributed by atoms with van der Waals surface area (Å²) in [4.78, 5) is 0. The molecule has 0 rings (SSSR count). The largest absolute Gasteiger partial charge is 0.396 e. The van der Waals surface area contributed by atoms with Crippen LogP contribution in [0.3, 0.4) is 0 Å². The molecule has 0 aliphatic heterocycles. The molecule has 4 N–H and O–H groups in total. The van der Waals surface area contributed by atoms with Crippen molar-refractivity contribution in [3.8, 4) is 0 Å². The van der Waals surface area contributed by atoms with Crippen molar-refractivity contribution in [2.75, 3.05) is 43.7 Å². The molecule has 0 aromatic rings. The van der Waals surface area contributed by atoms with Crippen molar-refractivity contribution in [3.05, 3.63) is 0 Å². The van der Waals surface area contributed by atoms with Gasteiger partial charge in [0, 0.05) is 0 Å². The van der Waals surface area contributed by atoms with E-state index in [1.165, 1.54) is 19.3 Å². The van der Waals surface area contributed by atoms with Crippen LogP contribution in [0, 0.1) is 5.41 Å². The van der Waals surface area contributed by atoms with E-state index in [9.17, 15) is 0 Å². The Morgan fingerprint density at radius 2 is 0.714 bits per heavy atom. The van der Waals surface area contributed by atoms with E-state index in [0.29, 0.717) is 0 Å². The molecule has 0 spiro atoms. The second-order valence-corrected chi connectivity index (χ2v) is 5.64. The Hall–Kier alpha value is 0.890. The minimum atomic E-state index is -1.11. The zero-order valence-electron chi connectivity index (χ0n) is 13.7. The molecular formula is C14H36O4S3. The number of rotatable bonds is 7. The summed E-state index contributed by atoms with van der Waals surface area (Å²) in [7, 11) is 0. The molecule has 21 heavy (non-hydrogen) atoms. The Balaban J connectivity index is -0.000000102. The number of aliphatic hydroxyl groups excluding tert-OH is 4. The summed E-state index contributed by atoms with van der Waals surface area (Å²) in [6.07, 6.45) is 3.55. The zero-order chi connectivity index (χ0) is 17.6. The molecule has 0 atom stereocenters. The molecule has 0 aromatic carbocycles. The van der Waals surface area contributed by atoms with E-state index < -0.39 is 31.8 Å². The third-order valence-electron chi connectivity index (χ3n) is 2.01. The first-order valence-corrected chi connectivity index (χ1v) is 9.15. The van der Waals surface area contributed by atoms with Crippen molar-refractivity contribution in [2.24, 2.45) is 5.41 Å². The van der Waals surface area contributed by atoms with Gasteiger partial charge in [-0.2, -0.15) is 37.9 Å². The van der Waals surface area contributed by atoms with Crippen LogP contribution in [-0.4, -0.2) is 64.1 Å². The SMILES string of the molecule is CCCS.CCCS.CCCS.OCC(CO)(CO)CO. The van der Waals surface area contributed by atoms with Crippen LogP contribution in [0.25, 0.3) is 0 Å². The van der Waals surface area contributed by atoms with E-state index in [1.807, 2.05) is 0 Å². The molecule has 0 radical (unpaired) electrons. The molecule has 0 saturated heterocycles. The van der Waals surface area contributed by atoms with Crippen molar-refractivity contribution < 1.29 is 20.4 Å². The third kappa shape index (κ3) is 29.5. The van der Waals surface area contributed by atoms with Crippen molar-refractivity contribution in [2.45, 2.75) is 40.0 Å². The normalized spacial score (nSPS) is 9.43. The molecule has 0 fully saturated rings. The molecule has 134 valence electrons. The van der Waals surface area contributed by atoms with Crippen LogP contribution in [0.1, 0.15) is 40.0 Å². The average Bonchev–Trinajstić information content (AvgIpc) is 2.58. The maximum absolute atomic E-state index is 8.50. The van der Waals surface area contributed by atoms with Gasteiger partial charge in [0.15, 0.2) is 0 Å². The maximum atomic E-state index is 8.50. The highest BCUT2D eigenvalue weighted by Gasteiger charge is 2.26. The third-order valence-corrected chi connectivity index (χ3v) is 3.35. The van der Waals surface area contributed by atoms with Crippen LogP contribution < -0.4 is 0 Å².